The quantitative estimate of drug-likeness (QED) is 0.781. The van der Waals surface area contributed by atoms with E-state index < -0.39 is 0 Å². The van der Waals surface area contributed by atoms with Crippen molar-refractivity contribution in [3.8, 4) is 5.75 Å². The molecule has 1 saturated heterocycles. The van der Waals surface area contributed by atoms with Gasteiger partial charge in [-0.3, -0.25) is 4.79 Å². The Morgan fingerprint density at radius 1 is 1.29 bits per heavy atom. The molecule has 0 N–H and O–H groups in total. The first-order chi connectivity index (χ1) is 10.1. The number of carbonyl (C=O) groups excluding carboxylic acids is 1. The Morgan fingerprint density at radius 2 is 2.00 bits per heavy atom. The fraction of sp³-hybridized carbons (Fsp3) is 0.562. The van der Waals surface area contributed by atoms with E-state index in [4.69, 9.17) is 21.1 Å². The Bertz CT molecular complexity index is 499. The lowest BCUT2D eigenvalue weighted by molar-refractivity contribution is -0.140. The summed E-state index contributed by atoms with van der Waals surface area (Å²) in [4.78, 5) is 13.1. The van der Waals surface area contributed by atoms with E-state index in [2.05, 4.69) is 4.90 Å². The molecule has 1 aliphatic heterocycles. The van der Waals surface area contributed by atoms with E-state index in [-0.39, 0.29) is 5.97 Å². The molecule has 116 valence electrons. The van der Waals surface area contributed by atoms with Crippen LogP contribution in [-0.2, 0) is 16.0 Å². The molecule has 1 aromatic rings. The monoisotopic (exact) mass is 311 g/mol. The summed E-state index contributed by atoms with van der Waals surface area (Å²) in [6, 6.07) is 3.92. The van der Waals surface area contributed by atoms with Crippen molar-refractivity contribution in [1.82, 2.24) is 0 Å². The second-order valence-electron chi connectivity index (χ2n) is 5.25. The van der Waals surface area contributed by atoms with E-state index >= 15 is 0 Å². The topological polar surface area (TPSA) is 38.8 Å². The summed E-state index contributed by atoms with van der Waals surface area (Å²) in [6.07, 6.45) is 4.29. The molecule has 1 heterocycles. The van der Waals surface area contributed by atoms with Crippen LogP contribution in [0.2, 0.25) is 5.02 Å². The van der Waals surface area contributed by atoms with Crippen LogP contribution in [0.3, 0.4) is 0 Å². The van der Waals surface area contributed by atoms with Crippen LogP contribution in [0.15, 0.2) is 12.1 Å². The van der Waals surface area contributed by atoms with Crippen LogP contribution in [0.1, 0.15) is 31.7 Å². The second kappa shape index (κ2) is 7.55. The van der Waals surface area contributed by atoms with Crippen molar-refractivity contribution in [2.24, 2.45) is 0 Å². The number of halogens is 1. The number of hydrogen-bond donors (Lipinski definition) is 0. The Balaban J connectivity index is 2.15. The Kier molecular flexibility index (Phi) is 5.74. The molecule has 0 unspecified atom stereocenters. The highest BCUT2D eigenvalue weighted by molar-refractivity contribution is 6.33. The first-order valence-electron chi connectivity index (χ1n) is 7.36. The van der Waals surface area contributed by atoms with Crippen molar-refractivity contribution in [3.05, 3.63) is 22.7 Å². The zero-order valence-electron chi connectivity index (χ0n) is 12.7. The van der Waals surface area contributed by atoms with Gasteiger partial charge in [-0.25, -0.2) is 0 Å². The van der Waals surface area contributed by atoms with Gasteiger partial charge in [0.05, 0.1) is 24.4 Å². The zero-order valence-corrected chi connectivity index (χ0v) is 13.4. The van der Waals surface area contributed by atoms with E-state index in [0.29, 0.717) is 13.0 Å². The molecule has 1 aliphatic rings. The van der Waals surface area contributed by atoms with Crippen LogP contribution >= 0.6 is 11.6 Å². The Hall–Kier alpha value is -1.42. The maximum Gasteiger partial charge on any atom is 0.302 e. The maximum atomic E-state index is 10.8. The van der Waals surface area contributed by atoms with E-state index in [1.165, 1.54) is 26.2 Å². The van der Waals surface area contributed by atoms with Gasteiger partial charge in [0.1, 0.15) is 5.75 Å². The third kappa shape index (κ3) is 4.27. The number of nitrogens with zero attached hydrogens (tertiary/aromatic N) is 1. The summed E-state index contributed by atoms with van der Waals surface area (Å²) in [5.74, 6) is 0.525. The molecule has 2 rings (SSSR count). The Morgan fingerprint density at radius 3 is 2.62 bits per heavy atom. The number of methoxy groups -OCH3 is 1. The van der Waals surface area contributed by atoms with Crippen molar-refractivity contribution in [3.63, 3.8) is 0 Å². The first kappa shape index (κ1) is 16.0. The molecule has 1 fully saturated rings. The van der Waals surface area contributed by atoms with Gasteiger partial charge in [-0.05, 0) is 30.9 Å². The fourth-order valence-corrected chi connectivity index (χ4v) is 2.96. The number of anilines is 1. The van der Waals surface area contributed by atoms with Crippen LogP contribution in [-0.4, -0.2) is 32.8 Å². The summed E-state index contributed by atoms with van der Waals surface area (Å²) in [7, 11) is 1.65. The van der Waals surface area contributed by atoms with Gasteiger partial charge >= 0.3 is 5.97 Å². The molecule has 0 saturated carbocycles. The standard InChI is InChI=1S/C16H22ClNO3/c1-12(19)21-9-6-13-10-14(17)15(11-16(13)20-2)18-7-4-3-5-8-18/h10-11H,3-9H2,1-2H3. The zero-order chi connectivity index (χ0) is 15.2. The molecule has 4 nitrogen and oxygen atoms in total. The van der Waals surface area contributed by atoms with Gasteiger partial charge < -0.3 is 14.4 Å². The summed E-state index contributed by atoms with van der Waals surface area (Å²) in [6.45, 7) is 3.82. The maximum absolute atomic E-state index is 10.8. The van der Waals surface area contributed by atoms with Crippen molar-refractivity contribution in [1.29, 1.82) is 0 Å². The molecule has 1 aromatic carbocycles. The van der Waals surface area contributed by atoms with E-state index in [9.17, 15) is 4.79 Å². The average molecular weight is 312 g/mol. The summed E-state index contributed by atoms with van der Waals surface area (Å²) in [5, 5.41) is 0.732. The van der Waals surface area contributed by atoms with Crippen molar-refractivity contribution in [2.75, 3.05) is 31.7 Å². The van der Waals surface area contributed by atoms with Crippen molar-refractivity contribution in [2.45, 2.75) is 32.6 Å². The van der Waals surface area contributed by atoms with Gasteiger partial charge in [-0.2, -0.15) is 0 Å². The van der Waals surface area contributed by atoms with Crippen LogP contribution < -0.4 is 9.64 Å². The number of piperidine rings is 1. The fourth-order valence-electron chi connectivity index (χ4n) is 2.65. The third-order valence-electron chi connectivity index (χ3n) is 3.72. The molecular formula is C16H22ClNO3. The second-order valence-corrected chi connectivity index (χ2v) is 5.66. The van der Waals surface area contributed by atoms with Gasteiger partial charge in [-0.1, -0.05) is 11.6 Å². The van der Waals surface area contributed by atoms with Crippen LogP contribution in [0.4, 0.5) is 5.69 Å². The number of esters is 1. The van der Waals surface area contributed by atoms with E-state index in [1.54, 1.807) is 7.11 Å². The lowest BCUT2D eigenvalue weighted by atomic mass is 10.1. The molecule has 0 aliphatic carbocycles. The third-order valence-corrected chi connectivity index (χ3v) is 4.03. The summed E-state index contributed by atoms with van der Waals surface area (Å²) in [5.41, 5.74) is 1.99. The summed E-state index contributed by atoms with van der Waals surface area (Å²) >= 11 is 6.43. The number of carbonyl (C=O) groups is 1. The lowest BCUT2D eigenvalue weighted by Gasteiger charge is -2.30. The molecule has 0 spiro atoms. The van der Waals surface area contributed by atoms with Gasteiger partial charge in [0, 0.05) is 32.5 Å². The van der Waals surface area contributed by atoms with E-state index in [0.717, 1.165) is 35.1 Å². The molecular weight excluding hydrogens is 290 g/mol. The normalized spacial score (nSPS) is 14.9. The van der Waals surface area contributed by atoms with Crippen molar-refractivity contribution >= 4 is 23.3 Å². The lowest BCUT2D eigenvalue weighted by Crippen LogP contribution is -2.29. The number of benzene rings is 1. The highest BCUT2D eigenvalue weighted by atomic mass is 35.5. The predicted octanol–water partition coefficient (Wildman–Crippen LogP) is 3.44. The highest BCUT2D eigenvalue weighted by Crippen LogP contribution is 2.35. The van der Waals surface area contributed by atoms with Gasteiger partial charge in [-0.15, -0.1) is 0 Å². The SMILES string of the molecule is COc1cc(N2CCCCC2)c(Cl)cc1CCOC(C)=O. The minimum atomic E-state index is -0.273. The molecule has 0 atom stereocenters. The minimum absolute atomic E-state index is 0.273. The Labute approximate surface area is 131 Å². The smallest absolute Gasteiger partial charge is 0.302 e. The van der Waals surface area contributed by atoms with Gasteiger partial charge in [0.2, 0.25) is 0 Å². The van der Waals surface area contributed by atoms with Crippen LogP contribution in [0.5, 0.6) is 5.75 Å². The number of ether oxygens (including phenoxy) is 2. The molecule has 21 heavy (non-hydrogen) atoms. The van der Waals surface area contributed by atoms with Gasteiger partial charge in [0.15, 0.2) is 0 Å². The first-order valence-corrected chi connectivity index (χ1v) is 7.74. The van der Waals surface area contributed by atoms with E-state index in [1.807, 2.05) is 12.1 Å². The minimum Gasteiger partial charge on any atom is -0.496 e. The van der Waals surface area contributed by atoms with Crippen molar-refractivity contribution < 1.29 is 14.3 Å². The highest BCUT2D eigenvalue weighted by Gasteiger charge is 2.17. The van der Waals surface area contributed by atoms with Gasteiger partial charge in [0.25, 0.3) is 0 Å². The van der Waals surface area contributed by atoms with Crippen LogP contribution in [0.25, 0.3) is 0 Å². The largest absolute Gasteiger partial charge is 0.496 e. The summed E-state index contributed by atoms with van der Waals surface area (Å²) < 4.78 is 10.4. The average Bonchev–Trinajstić information content (AvgIpc) is 2.48. The van der Waals surface area contributed by atoms with Crippen LogP contribution in [0, 0.1) is 0 Å². The predicted molar refractivity (Wildman–Crippen MR) is 84.4 cm³/mol. The number of rotatable bonds is 5. The molecule has 5 heteroatoms. The molecule has 0 bridgehead atoms. The molecule has 0 aromatic heterocycles. The number of hydrogen-bond acceptors (Lipinski definition) is 4. The molecule has 0 radical (unpaired) electrons. The molecule has 0 amide bonds.